The monoisotopic (exact) mass is 491 g/mol. The van der Waals surface area contributed by atoms with E-state index in [1.165, 1.54) is 17.3 Å². The van der Waals surface area contributed by atoms with E-state index in [1.54, 1.807) is 6.07 Å². The molecule has 2 aliphatic rings. The summed E-state index contributed by atoms with van der Waals surface area (Å²) in [5.41, 5.74) is 4.60. The van der Waals surface area contributed by atoms with Gasteiger partial charge in [0, 0.05) is 34.4 Å². The summed E-state index contributed by atoms with van der Waals surface area (Å²) in [6.07, 6.45) is 1.13. The minimum atomic E-state index is -0.545. The number of hydrogen-bond acceptors (Lipinski definition) is 5. The molecular formula is C27H26ClN3O2S. The molecule has 0 bridgehead atoms. The zero-order chi connectivity index (χ0) is 24.0. The average molecular weight is 492 g/mol. The van der Waals surface area contributed by atoms with Crippen molar-refractivity contribution < 1.29 is 4.79 Å². The van der Waals surface area contributed by atoms with Crippen LogP contribution in [0.25, 0.3) is 0 Å². The maximum absolute atomic E-state index is 13.4. The smallest absolute Gasteiger partial charge is 0.257 e. The Morgan fingerprint density at radius 3 is 2.56 bits per heavy atom. The number of benzene rings is 2. The van der Waals surface area contributed by atoms with Crippen LogP contribution in [-0.2, 0) is 10.5 Å². The van der Waals surface area contributed by atoms with E-state index in [-0.39, 0.29) is 16.8 Å². The van der Waals surface area contributed by atoms with Gasteiger partial charge in [-0.15, -0.1) is 0 Å². The Hall–Kier alpha value is -2.83. The van der Waals surface area contributed by atoms with Gasteiger partial charge < -0.3 is 10.3 Å². The van der Waals surface area contributed by atoms with Crippen LogP contribution in [-0.4, -0.2) is 15.8 Å². The van der Waals surface area contributed by atoms with Gasteiger partial charge in [-0.1, -0.05) is 85.2 Å². The van der Waals surface area contributed by atoms with Crippen LogP contribution >= 0.6 is 23.4 Å². The summed E-state index contributed by atoms with van der Waals surface area (Å²) in [7, 11) is 0. The minimum absolute atomic E-state index is 0.0477. The van der Waals surface area contributed by atoms with Crippen LogP contribution in [0.3, 0.4) is 0 Å². The molecule has 1 unspecified atom stereocenters. The van der Waals surface area contributed by atoms with Crippen molar-refractivity contribution in [1.82, 2.24) is 9.97 Å². The number of carbonyl (C=O) groups excluding carboxylic acids is 1. The zero-order valence-corrected chi connectivity index (χ0v) is 20.9. The number of nitrogens with one attached hydrogen (secondary N) is 2. The molecule has 174 valence electrons. The predicted molar refractivity (Wildman–Crippen MR) is 138 cm³/mol. The highest BCUT2D eigenvalue weighted by Crippen LogP contribution is 2.48. The van der Waals surface area contributed by atoms with Gasteiger partial charge in [-0.05, 0) is 36.0 Å². The van der Waals surface area contributed by atoms with Crippen molar-refractivity contribution >= 4 is 35.0 Å². The van der Waals surface area contributed by atoms with Crippen LogP contribution < -0.4 is 10.9 Å². The Morgan fingerprint density at radius 1 is 1.09 bits per heavy atom. The van der Waals surface area contributed by atoms with E-state index in [2.05, 4.69) is 55.3 Å². The molecule has 1 aromatic heterocycles. The first-order valence-corrected chi connectivity index (χ1v) is 12.7. The number of carbonyl (C=O) groups is 1. The third-order valence-corrected chi connectivity index (χ3v) is 7.70. The number of fused-ring (bicyclic) bond motifs is 1. The molecule has 2 aromatic carbocycles. The topological polar surface area (TPSA) is 74.8 Å². The molecule has 5 rings (SSSR count). The number of aryl methyl sites for hydroxylation is 1. The Labute approximate surface area is 208 Å². The predicted octanol–water partition coefficient (Wildman–Crippen LogP) is 6.22. The zero-order valence-electron chi connectivity index (χ0n) is 19.4. The van der Waals surface area contributed by atoms with Crippen molar-refractivity contribution in [3.8, 4) is 0 Å². The number of hydrogen-bond donors (Lipinski definition) is 2. The molecule has 0 fully saturated rings. The summed E-state index contributed by atoms with van der Waals surface area (Å²) >= 11 is 8.06. The summed E-state index contributed by atoms with van der Waals surface area (Å²) in [6.45, 7) is 6.23. The second-order valence-corrected chi connectivity index (χ2v) is 11.2. The van der Waals surface area contributed by atoms with E-state index in [9.17, 15) is 9.59 Å². The molecule has 2 heterocycles. The van der Waals surface area contributed by atoms with Crippen LogP contribution in [0, 0.1) is 12.3 Å². The summed E-state index contributed by atoms with van der Waals surface area (Å²) in [5, 5.41) is 4.43. The van der Waals surface area contributed by atoms with Gasteiger partial charge in [0.15, 0.2) is 10.9 Å². The van der Waals surface area contributed by atoms with Crippen molar-refractivity contribution in [2.24, 2.45) is 5.41 Å². The number of rotatable bonds is 4. The molecule has 2 N–H and O–H groups in total. The van der Waals surface area contributed by atoms with E-state index in [1.807, 2.05) is 18.2 Å². The summed E-state index contributed by atoms with van der Waals surface area (Å²) in [6, 6.07) is 15.7. The standard InChI is InChI=1S/C27H26ClN3O2S/c1-15-8-10-16(11-9-15)14-34-26-30-24-23(25(33)31-26)21(17-6-4-5-7-18(17)28)22-19(29-24)12-27(2,3)13-20(22)32/h4-11,21H,12-14H2,1-3H3,(H2,29,30,31,33). The number of ketones is 1. The number of H-pyrrole nitrogens is 1. The van der Waals surface area contributed by atoms with E-state index >= 15 is 0 Å². The first-order chi connectivity index (χ1) is 16.2. The highest BCUT2D eigenvalue weighted by Gasteiger charge is 2.42. The number of allylic oxidation sites excluding steroid dienone is 2. The van der Waals surface area contributed by atoms with Gasteiger partial charge in [-0.2, -0.15) is 0 Å². The summed E-state index contributed by atoms with van der Waals surface area (Å²) in [4.78, 5) is 34.5. The molecule has 0 radical (unpaired) electrons. The molecule has 0 saturated carbocycles. The number of halogens is 1. The van der Waals surface area contributed by atoms with Gasteiger partial charge >= 0.3 is 0 Å². The molecular weight excluding hydrogens is 466 g/mol. The molecule has 7 heteroatoms. The van der Waals surface area contributed by atoms with Crippen LogP contribution in [0.4, 0.5) is 5.82 Å². The third kappa shape index (κ3) is 4.32. The average Bonchev–Trinajstić information content (AvgIpc) is 2.77. The van der Waals surface area contributed by atoms with Gasteiger partial charge in [0.2, 0.25) is 0 Å². The minimum Gasteiger partial charge on any atom is -0.343 e. The lowest BCUT2D eigenvalue weighted by Gasteiger charge is -2.38. The molecule has 1 aliphatic heterocycles. The van der Waals surface area contributed by atoms with Gasteiger partial charge in [-0.3, -0.25) is 9.59 Å². The molecule has 5 nitrogen and oxygen atoms in total. The highest BCUT2D eigenvalue weighted by atomic mass is 35.5. The van der Waals surface area contributed by atoms with Crippen molar-refractivity contribution in [2.75, 3.05) is 5.32 Å². The Bertz CT molecular complexity index is 1380. The van der Waals surface area contributed by atoms with Crippen molar-refractivity contribution in [1.29, 1.82) is 0 Å². The maximum atomic E-state index is 13.4. The van der Waals surface area contributed by atoms with Gasteiger partial charge in [-0.25, -0.2) is 4.98 Å². The number of anilines is 1. The molecule has 1 aliphatic carbocycles. The molecule has 1 atom stereocenters. The molecule has 0 saturated heterocycles. The molecule has 0 spiro atoms. The number of aromatic nitrogens is 2. The number of thioether (sulfide) groups is 1. The first kappa shape index (κ1) is 22.9. The Balaban J connectivity index is 1.59. The fourth-order valence-electron chi connectivity index (χ4n) is 4.82. The first-order valence-electron chi connectivity index (χ1n) is 11.3. The van der Waals surface area contributed by atoms with Crippen LogP contribution in [0.1, 0.15) is 54.9 Å². The second kappa shape index (κ2) is 8.75. The molecule has 0 amide bonds. The van der Waals surface area contributed by atoms with Gasteiger partial charge in [0.25, 0.3) is 5.56 Å². The highest BCUT2D eigenvalue weighted by molar-refractivity contribution is 7.98. The van der Waals surface area contributed by atoms with E-state index < -0.39 is 5.92 Å². The lowest BCUT2D eigenvalue weighted by atomic mass is 9.69. The van der Waals surface area contributed by atoms with E-state index in [4.69, 9.17) is 16.6 Å². The fraction of sp³-hybridized carbons (Fsp3) is 0.296. The summed E-state index contributed by atoms with van der Waals surface area (Å²) in [5.74, 6) is 0.696. The Kier molecular flexibility index (Phi) is 5.90. The summed E-state index contributed by atoms with van der Waals surface area (Å²) < 4.78 is 0. The number of nitrogens with zero attached hydrogens (tertiary/aromatic N) is 1. The Morgan fingerprint density at radius 2 is 1.82 bits per heavy atom. The van der Waals surface area contributed by atoms with E-state index in [0.717, 1.165) is 16.8 Å². The van der Waals surface area contributed by atoms with Gasteiger partial charge in [0.1, 0.15) is 5.82 Å². The second-order valence-electron chi connectivity index (χ2n) is 9.82. The third-order valence-electron chi connectivity index (χ3n) is 6.41. The maximum Gasteiger partial charge on any atom is 0.257 e. The SMILES string of the molecule is Cc1ccc(CSc2nc3c(c(=O)[nH]2)C(c2ccccc2Cl)C2=C(CC(C)(C)CC2=O)N3)cc1. The van der Waals surface area contributed by atoms with Crippen molar-refractivity contribution in [3.05, 3.63) is 97.4 Å². The van der Waals surface area contributed by atoms with Crippen LogP contribution in [0.2, 0.25) is 5.02 Å². The fourth-order valence-corrected chi connectivity index (χ4v) is 5.88. The van der Waals surface area contributed by atoms with Crippen LogP contribution in [0.15, 0.2) is 69.8 Å². The van der Waals surface area contributed by atoms with Gasteiger partial charge in [0.05, 0.1) is 5.56 Å². The quantitative estimate of drug-likeness (QED) is 0.334. The van der Waals surface area contributed by atoms with Crippen LogP contribution in [0.5, 0.6) is 0 Å². The van der Waals surface area contributed by atoms with E-state index in [0.29, 0.717) is 45.7 Å². The molecule has 34 heavy (non-hydrogen) atoms. The molecule has 3 aromatic rings. The number of Topliss-reactive ketones (excluding diaryl/α,β-unsaturated/α-hetero) is 1. The van der Waals surface area contributed by atoms with Crippen molar-refractivity contribution in [3.63, 3.8) is 0 Å². The number of aromatic amines is 1. The lowest BCUT2D eigenvalue weighted by Crippen LogP contribution is -2.37. The largest absolute Gasteiger partial charge is 0.343 e. The van der Waals surface area contributed by atoms with Crippen molar-refractivity contribution in [2.45, 2.75) is 50.4 Å². The lowest BCUT2D eigenvalue weighted by molar-refractivity contribution is -0.118. The normalized spacial score (nSPS) is 18.8.